The van der Waals surface area contributed by atoms with Crippen LogP contribution in [0.3, 0.4) is 0 Å². The topological polar surface area (TPSA) is 46.1 Å². The van der Waals surface area contributed by atoms with E-state index in [-0.39, 0.29) is 11.9 Å². The normalized spacial score (nSPS) is 19.9. The lowest BCUT2D eigenvalue weighted by Crippen LogP contribution is -2.42. The third-order valence-electron chi connectivity index (χ3n) is 7.70. The third-order valence-corrected chi connectivity index (χ3v) is 8.39. The van der Waals surface area contributed by atoms with E-state index < -0.39 is 0 Å². The molecule has 202 valence electrons. The Morgan fingerprint density at radius 2 is 1.87 bits per heavy atom. The van der Waals surface area contributed by atoms with Gasteiger partial charge in [0.1, 0.15) is 23.5 Å². The molecule has 1 aliphatic carbocycles. The average Bonchev–Trinajstić information content (AvgIpc) is 2.92. The predicted octanol–water partition coefficient (Wildman–Crippen LogP) is 6.89. The molecule has 3 aromatic carbocycles. The van der Waals surface area contributed by atoms with Crippen molar-refractivity contribution in [2.75, 3.05) is 39.5 Å². The number of hydrogen-bond acceptors (Lipinski definition) is 5. The van der Waals surface area contributed by atoms with Gasteiger partial charge in [-0.3, -0.25) is 9.89 Å². The molecule has 0 aromatic heterocycles. The number of halogens is 2. The Balaban J connectivity index is 1.52. The van der Waals surface area contributed by atoms with Crippen molar-refractivity contribution in [1.29, 1.82) is 0 Å². The molecule has 2 fully saturated rings. The van der Waals surface area contributed by atoms with Crippen molar-refractivity contribution in [3.63, 3.8) is 0 Å². The minimum atomic E-state index is -0.353. The van der Waals surface area contributed by atoms with Gasteiger partial charge < -0.3 is 14.8 Å². The summed E-state index contributed by atoms with van der Waals surface area (Å²) in [6.07, 6.45) is 3.23. The van der Waals surface area contributed by atoms with Gasteiger partial charge in [0, 0.05) is 40.9 Å². The number of morpholine rings is 1. The summed E-state index contributed by atoms with van der Waals surface area (Å²) in [6, 6.07) is 19.3. The zero-order valence-corrected chi connectivity index (χ0v) is 23.8. The maximum absolute atomic E-state index is 14.2. The van der Waals surface area contributed by atoms with E-state index in [1.54, 1.807) is 0 Å². The van der Waals surface area contributed by atoms with Crippen LogP contribution in [0.2, 0.25) is 0 Å². The fourth-order valence-electron chi connectivity index (χ4n) is 5.50. The number of hydrogen-bond donors (Lipinski definition) is 1. The van der Waals surface area contributed by atoms with Crippen LogP contribution in [-0.4, -0.2) is 50.2 Å². The van der Waals surface area contributed by atoms with Crippen molar-refractivity contribution in [2.24, 2.45) is 4.99 Å². The first-order valence-electron chi connectivity index (χ1n) is 13.8. The Morgan fingerprint density at radius 1 is 1.08 bits per heavy atom. The average molecular weight is 591 g/mol. The highest BCUT2D eigenvalue weighted by molar-refractivity contribution is 9.10. The molecular formula is C32H33BrFN3O2. The van der Waals surface area contributed by atoms with Crippen molar-refractivity contribution in [1.82, 2.24) is 10.2 Å². The smallest absolute Gasteiger partial charge is 0.133 e. The van der Waals surface area contributed by atoms with Gasteiger partial charge in [-0.05, 0) is 66.3 Å². The lowest BCUT2D eigenvalue weighted by atomic mass is 9.84. The molecule has 0 radical (unpaired) electrons. The molecule has 0 amide bonds. The molecule has 1 N–H and O–H groups in total. The monoisotopic (exact) mass is 589 g/mol. The van der Waals surface area contributed by atoms with Gasteiger partial charge in [-0.25, -0.2) is 4.39 Å². The molecule has 1 saturated heterocycles. The fourth-order valence-corrected chi connectivity index (χ4v) is 6.06. The Hall–Kier alpha value is -3.00. The number of allylic oxidation sites excluding steroid dienone is 1. The van der Waals surface area contributed by atoms with E-state index in [1.165, 1.54) is 29.5 Å². The highest BCUT2D eigenvalue weighted by atomic mass is 79.9. The molecule has 1 atom stereocenters. The first-order valence-corrected chi connectivity index (χ1v) is 14.6. The predicted molar refractivity (Wildman–Crippen MR) is 157 cm³/mol. The molecule has 1 saturated carbocycles. The van der Waals surface area contributed by atoms with Gasteiger partial charge in [-0.15, -0.1) is 0 Å². The summed E-state index contributed by atoms with van der Waals surface area (Å²) in [5.74, 6) is 1.48. The first kappa shape index (κ1) is 26.2. The number of nitrogens with one attached hydrogen (secondary N) is 1. The van der Waals surface area contributed by atoms with Crippen LogP contribution in [0.15, 0.2) is 92.7 Å². The highest BCUT2D eigenvalue weighted by Crippen LogP contribution is 2.43. The molecule has 6 rings (SSSR count). The van der Waals surface area contributed by atoms with Gasteiger partial charge in [0.2, 0.25) is 0 Å². The van der Waals surface area contributed by atoms with Crippen LogP contribution in [0.25, 0.3) is 10.8 Å². The van der Waals surface area contributed by atoms with E-state index in [0.29, 0.717) is 11.1 Å². The van der Waals surface area contributed by atoms with Gasteiger partial charge in [0.05, 0.1) is 19.8 Å². The Morgan fingerprint density at radius 3 is 2.59 bits per heavy atom. The largest absolute Gasteiger partial charge is 0.493 e. The minimum Gasteiger partial charge on any atom is -0.493 e. The molecule has 2 aliphatic heterocycles. The van der Waals surface area contributed by atoms with Crippen LogP contribution in [0, 0.1) is 5.82 Å². The summed E-state index contributed by atoms with van der Waals surface area (Å²) in [5, 5.41) is 6.10. The van der Waals surface area contributed by atoms with Gasteiger partial charge in [0.15, 0.2) is 0 Å². The second-order valence-electron chi connectivity index (χ2n) is 10.2. The maximum Gasteiger partial charge on any atom is 0.133 e. The molecule has 1 unspecified atom stereocenters. The third kappa shape index (κ3) is 5.53. The van der Waals surface area contributed by atoms with Gasteiger partial charge in [0.25, 0.3) is 0 Å². The van der Waals surface area contributed by atoms with Gasteiger partial charge in [-0.2, -0.15) is 0 Å². The van der Waals surface area contributed by atoms with E-state index >= 15 is 0 Å². The van der Waals surface area contributed by atoms with Crippen molar-refractivity contribution in [2.45, 2.75) is 32.2 Å². The number of ether oxygens (including phenoxy) is 2. The molecule has 3 aliphatic rings. The number of fused-ring (bicyclic) bond motifs is 1. The first-order chi connectivity index (χ1) is 19.1. The molecular weight excluding hydrogens is 557 g/mol. The lowest BCUT2D eigenvalue weighted by molar-refractivity contribution is 0.0416. The SMILES string of the molecule is CCOC(=C1CCC1)C1=C(CN2CCOCC2)NC(c2ccc3ccccc3c2)=NC1c1ccc(F)cc1Br. The van der Waals surface area contributed by atoms with Gasteiger partial charge >= 0.3 is 0 Å². The molecule has 39 heavy (non-hydrogen) atoms. The molecule has 5 nitrogen and oxygen atoms in total. The van der Waals surface area contributed by atoms with Crippen molar-refractivity contribution >= 4 is 32.5 Å². The quantitative estimate of drug-likeness (QED) is 0.305. The van der Waals surface area contributed by atoms with Crippen LogP contribution in [0.4, 0.5) is 4.39 Å². The summed E-state index contributed by atoms with van der Waals surface area (Å²) >= 11 is 3.66. The number of nitrogens with zero attached hydrogens (tertiary/aromatic N) is 2. The second-order valence-corrected chi connectivity index (χ2v) is 11.1. The van der Waals surface area contributed by atoms with E-state index in [9.17, 15) is 4.39 Å². The molecule has 2 heterocycles. The fraction of sp³-hybridized carbons (Fsp3) is 0.344. The van der Waals surface area contributed by atoms with Crippen LogP contribution >= 0.6 is 15.9 Å². The van der Waals surface area contributed by atoms with Crippen LogP contribution in [-0.2, 0) is 9.47 Å². The maximum atomic E-state index is 14.2. The summed E-state index contributed by atoms with van der Waals surface area (Å²) < 4.78 is 27.0. The van der Waals surface area contributed by atoms with E-state index in [2.05, 4.69) is 68.6 Å². The summed E-state index contributed by atoms with van der Waals surface area (Å²) in [5.41, 5.74) is 5.40. The second kappa shape index (κ2) is 11.6. The zero-order valence-electron chi connectivity index (χ0n) is 22.2. The van der Waals surface area contributed by atoms with Crippen LogP contribution in [0.5, 0.6) is 0 Å². The van der Waals surface area contributed by atoms with Crippen LogP contribution in [0.1, 0.15) is 43.4 Å². The standard InChI is InChI=1S/C32H33BrFN3O2/c1-2-39-31(22-8-5-9-22)29-28(20-37-14-16-38-17-15-37)35-32(24-11-10-21-6-3-4-7-23(21)18-24)36-30(29)26-13-12-25(34)19-27(26)33/h3-4,6-7,10-13,18-19,30H,2,5,8-9,14-17,20H2,1H3,(H,35,36). The molecule has 0 spiro atoms. The number of amidine groups is 1. The molecule has 7 heteroatoms. The zero-order chi connectivity index (χ0) is 26.8. The van der Waals surface area contributed by atoms with Crippen molar-refractivity contribution < 1.29 is 13.9 Å². The van der Waals surface area contributed by atoms with Crippen LogP contribution < -0.4 is 5.32 Å². The summed E-state index contributed by atoms with van der Waals surface area (Å²) in [7, 11) is 0. The Labute approximate surface area is 237 Å². The van der Waals surface area contributed by atoms with E-state index in [4.69, 9.17) is 14.5 Å². The molecule has 3 aromatic rings. The Bertz CT molecular complexity index is 1470. The number of rotatable bonds is 7. The van der Waals surface area contributed by atoms with Gasteiger partial charge in [-0.1, -0.05) is 58.4 Å². The van der Waals surface area contributed by atoms with E-state index in [0.717, 1.165) is 85.1 Å². The summed E-state index contributed by atoms with van der Waals surface area (Å²) in [6.45, 7) is 6.51. The Kier molecular flexibility index (Phi) is 7.82. The van der Waals surface area contributed by atoms with Crippen molar-refractivity contribution in [3.05, 3.63) is 105 Å². The number of aliphatic imine (C=N–C) groups is 1. The minimum absolute atomic E-state index is 0.278. The lowest BCUT2D eigenvalue weighted by Gasteiger charge is -2.35. The summed E-state index contributed by atoms with van der Waals surface area (Å²) in [4.78, 5) is 7.74. The highest BCUT2D eigenvalue weighted by Gasteiger charge is 2.34. The van der Waals surface area contributed by atoms with E-state index in [1.807, 2.05) is 13.0 Å². The molecule has 0 bridgehead atoms. The number of benzene rings is 3. The van der Waals surface area contributed by atoms with Crippen molar-refractivity contribution in [3.8, 4) is 0 Å².